The lowest BCUT2D eigenvalue weighted by atomic mass is 10.1. The van der Waals surface area contributed by atoms with E-state index >= 15 is 0 Å². The summed E-state index contributed by atoms with van der Waals surface area (Å²) >= 11 is 6.23. The van der Waals surface area contributed by atoms with Crippen LogP contribution in [-0.2, 0) is 6.54 Å². The van der Waals surface area contributed by atoms with E-state index in [1.54, 1.807) is 0 Å². The monoisotopic (exact) mass is 259 g/mol. The summed E-state index contributed by atoms with van der Waals surface area (Å²) in [5.74, 6) is 0. The highest BCUT2D eigenvalue weighted by Gasteiger charge is 2.02. The SMILES string of the molecule is Cc1ccc(CNc2cc(C)ccc2C)c(Cl)c1. The van der Waals surface area contributed by atoms with E-state index in [0.717, 1.165) is 17.1 Å². The van der Waals surface area contributed by atoms with Gasteiger partial charge in [0, 0.05) is 17.3 Å². The van der Waals surface area contributed by atoms with Gasteiger partial charge in [0.1, 0.15) is 0 Å². The summed E-state index contributed by atoms with van der Waals surface area (Å²) in [6, 6.07) is 12.6. The minimum absolute atomic E-state index is 0.753. The molecule has 1 nitrogen and oxygen atoms in total. The predicted octanol–water partition coefficient (Wildman–Crippen LogP) is 4.88. The molecule has 2 aromatic carbocycles. The zero-order valence-electron chi connectivity index (χ0n) is 11.0. The van der Waals surface area contributed by atoms with Gasteiger partial charge >= 0.3 is 0 Å². The molecule has 0 aliphatic rings. The predicted molar refractivity (Wildman–Crippen MR) is 79.4 cm³/mol. The van der Waals surface area contributed by atoms with Gasteiger partial charge in [0.05, 0.1) is 0 Å². The van der Waals surface area contributed by atoms with Crippen LogP contribution in [0.1, 0.15) is 22.3 Å². The van der Waals surface area contributed by atoms with Crippen molar-refractivity contribution in [1.29, 1.82) is 0 Å². The Hall–Kier alpha value is -1.47. The molecule has 2 aromatic rings. The molecule has 0 aliphatic carbocycles. The van der Waals surface area contributed by atoms with E-state index in [1.807, 2.05) is 13.0 Å². The van der Waals surface area contributed by atoms with Gasteiger partial charge in [-0.3, -0.25) is 0 Å². The van der Waals surface area contributed by atoms with Gasteiger partial charge in [-0.2, -0.15) is 0 Å². The van der Waals surface area contributed by atoms with E-state index in [9.17, 15) is 0 Å². The highest BCUT2D eigenvalue weighted by Crippen LogP contribution is 2.21. The standard InChI is InChI=1S/C16H18ClN/c1-11-5-7-14(15(17)8-11)10-18-16-9-12(2)4-6-13(16)3/h4-9,18H,10H2,1-3H3. The fourth-order valence-electron chi connectivity index (χ4n) is 1.91. The Balaban J connectivity index is 2.13. The first-order valence-corrected chi connectivity index (χ1v) is 6.50. The van der Waals surface area contributed by atoms with Crippen LogP contribution in [0, 0.1) is 20.8 Å². The molecule has 0 radical (unpaired) electrons. The van der Waals surface area contributed by atoms with Gasteiger partial charge in [0.2, 0.25) is 0 Å². The third kappa shape index (κ3) is 3.05. The third-order valence-corrected chi connectivity index (χ3v) is 3.42. The molecular formula is C16H18ClN. The highest BCUT2D eigenvalue weighted by molar-refractivity contribution is 6.31. The molecule has 0 fully saturated rings. The molecule has 0 saturated heterocycles. The summed E-state index contributed by atoms with van der Waals surface area (Å²) < 4.78 is 0. The summed E-state index contributed by atoms with van der Waals surface area (Å²) in [7, 11) is 0. The minimum Gasteiger partial charge on any atom is -0.381 e. The first-order chi connectivity index (χ1) is 8.56. The maximum atomic E-state index is 6.23. The first-order valence-electron chi connectivity index (χ1n) is 6.12. The van der Waals surface area contributed by atoms with Gasteiger partial charge in [-0.1, -0.05) is 35.9 Å². The second kappa shape index (κ2) is 5.45. The van der Waals surface area contributed by atoms with Gasteiger partial charge in [-0.15, -0.1) is 0 Å². The number of aryl methyl sites for hydroxylation is 3. The Morgan fingerprint density at radius 3 is 2.33 bits per heavy atom. The van der Waals surface area contributed by atoms with Gasteiger partial charge in [0.25, 0.3) is 0 Å². The van der Waals surface area contributed by atoms with Crippen LogP contribution in [0.15, 0.2) is 36.4 Å². The molecule has 18 heavy (non-hydrogen) atoms. The molecule has 0 unspecified atom stereocenters. The molecule has 1 N–H and O–H groups in total. The smallest absolute Gasteiger partial charge is 0.0458 e. The van der Waals surface area contributed by atoms with Crippen molar-refractivity contribution in [3.63, 3.8) is 0 Å². The fraction of sp³-hybridized carbons (Fsp3) is 0.250. The summed E-state index contributed by atoms with van der Waals surface area (Å²) in [4.78, 5) is 0. The van der Waals surface area contributed by atoms with Gasteiger partial charge < -0.3 is 5.32 Å². The zero-order valence-corrected chi connectivity index (χ0v) is 11.8. The second-order valence-corrected chi connectivity index (χ2v) is 5.17. The fourth-order valence-corrected chi connectivity index (χ4v) is 2.21. The highest BCUT2D eigenvalue weighted by atomic mass is 35.5. The van der Waals surface area contributed by atoms with Crippen LogP contribution in [0.4, 0.5) is 5.69 Å². The van der Waals surface area contributed by atoms with E-state index < -0.39 is 0 Å². The van der Waals surface area contributed by atoms with E-state index in [-0.39, 0.29) is 0 Å². The molecule has 0 amide bonds. The van der Waals surface area contributed by atoms with Crippen LogP contribution in [0.2, 0.25) is 5.02 Å². The second-order valence-electron chi connectivity index (χ2n) is 4.77. The van der Waals surface area contributed by atoms with E-state index in [1.165, 1.54) is 22.4 Å². The topological polar surface area (TPSA) is 12.0 Å². The van der Waals surface area contributed by atoms with Crippen molar-refractivity contribution in [2.45, 2.75) is 27.3 Å². The lowest BCUT2D eigenvalue weighted by Crippen LogP contribution is -2.02. The number of anilines is 1. The maximum absolute atomic E-state index is 6.23. The van der Waals surface area contributed by atoms with Crippen LogP contribution in [0.5, 0.6) is 0 Å². The van der Waals surface area contributed by atoms with E-state index in [4.69, 9.17) is 11.6 Å². The quantitative estimate of drug-likeness (QED) is 0.829. The van der Waals surface area contributed by atoms with Crippen molar-refractivity contribution in [3.05, 3.63) is 63.7 Å². The largest absolute Gasteiger partial charge is 0.381 e. The lowest BCUT2D eigenvalue weighted by molar-refractivity contribution is 1.13. The zero-order chi connectivity index (χ0) is 13.1. The van der Waals surface area contributed by atoms with Crippen molar-refractivity contribution in [1.82, 2.24) is 0 Å². The van der Waals surface area contributed by atoms with Crippen LogP contribution in [0.25, 0.3) is 0 Å². The Morgan fingerprint density at radius 1 is 0.944 bits per heavy atom. The average Bonchev–Trinajstić information content (AvgIpc) is 2.32. The molecule has 0 spiro atoms. The van der Waals surface area contributed by atoms with Crippen LogP contribution in [-0.4, -0.2) is 0 Å². The molecule has 0 bridgehead atoms. The van der Waals surface area contributed by atoms with Crippen LogP contribution in [0.3, 0.4) is 0 Å². The molecule has 2 heteroatoms. The summed E-state index contributed by atoms with van der Waals surface area (Å²) in [5, 5.41) is 4.27. The minimum atomic E-state index is 0.753. The number of nitrogens with one attached hydrogen (secondary N) is 1. The van der Waals surface area contributed by atoms with Gasteiger partial charge in [-0.25, -0.2) is 0 Å². The third-order valence-electron chi connectivity index (χ3n) is 3.07. The van der Waals surface area contributed by atoms with Crippen molar-refractivity contribution < 1.29 is 0 Å². The maximum Gasteiger partial charge on any atom is 0.0458 e. The van der Waals surface area contributed by atoms with Gasteiger partial charge in [-0.05, 0) is 55.2 Å². The number of benzene rings is 2. The lowest BCUT2D eigenvalue weighted by Gasteiger charge is -2.12. The van der Waals surface area contributed by atoms with Crippen LogP contribution >= 0.6 is 11.6 Å². The van der Waals surface area contributed by atoms with E-state index in [0.29, 0.717) is 0 Å². The summed E-state index contributed by atoms with van der Waals surface area (Å²) in [6.07, 6.45) is 0. The molecular weight excluding hydrogens is 242 g/mol. The van der Waals surface area contributed by atoms with Crippen molar-refractivity contribution in [2.75, 3.05) is 5.32 Å². The number of halogens is 1. The Bertz CT molecular complexity index is 561. The Kier molecular flexibility index (Phi) is 3.93. The molecule has 0 aliphatic heterocycles. The average molecular weight is 260 g/mol. The molecule has 2 rings (SSSR count). The normalized spacial score (nSPS) is 10.4. The molecule has 0 saturated carbocycles. The van der Waals surface area contributed by atoms with Crippen molar-refractivity contribution in [2.24, 2.45) is 0 Å². The van der Waals surface area contributed by atoms with Crippen LogP contribution < -0.4 is 5.32 Å². The van der Waals surface area contributed by atoms with Crippen molar-refractivity contribution >= 4 is 17.3 Å². The summed E-state index contributed by atoms with van der Waals surface area (Å²) in [5.41, 5.74) is 6.01. The molecule has 94 valence electrons. The number of rotatable bonds is 3. The molecule has 0 atom stereocenters. The first kappa shape index (κ1) is 13.0. The Labute approximate surface area is 114 Å². The number of hydrogen-bond donors (Lipinski definition) is 1. The van der Waals surface area contributed by atoms with Gasteiger partial charge in [0.15, 0.2) is 0 Å². The Morgan fingerprint density at radius 2 is 1.61 bits per heavy atom. The number of hydrogen-bond acceptors (Lipinski definition) is 1. The molecule has 0 heterocycles. The van der Waals surface area contributed by atoms with Crippen molar-refractivity contribution in [3.8, 4) is 0 Å². The van der Waals surface area contributed by atoms with E-state index in [2.05, 4.69) is 49.5 Å². The molecule has 0 aromatic heterocycles. The summed E-state index contributed by atoms with van der Waals surface area (Å²) in [6.45, 7) is 7.01.